The highest BCUT2D eigenvalue weighted by Crippen LogP contribution is 2.37. The van der Waals surface area contributed by atoms with Crippen molar-refractivity contribution in [3.63, 3.8) is 0 Å². The summed E-state index contributed by atoms with van der Waals surface area (Å²) in [6, 6.07) is 14.1. The third-order valence-electron chi connectivity index (χ3n) is 6.38. The van der Waals surface area contributed by atoms with Crippen molar-refractivity contribution in [3.8, 4) is 5.75 Å². The molecule has 6 heteroatoms. The van der Waals surface area contributed by atoms with E-state index in [9.17, 15) is 9.18 Å². The van der Waals surface area contributed by atoms with Gasteiger partial charge in [-0.25, -0.2) is 9.40 Å². The maximum Gasteiger partial charge on any atom is 0.257 e. The second-order valence-electron chi connectivity index (χ2n) is 8.41. The van der Waals surface area contributed by atoms with Crippen LogP contribution in [-0.4, -0.2) is 47.8 Å². The number of hydrazone groups is 1. The van der Waals surface area contributed by atoms with E-state index >= 15 is 0 Å². The topological polar surface area (TPSA) is 45.1 Å². The largest absolute Gasteiger partial charge is 0.496 e. The number of ether oxygens (including phenoxy) is 1. The number of benzene rings is 2. The maximum atomic E-state index is 13.5. The quantitative estimate of drug-likeness (QED) is 0.552. The molecule has 4 rings (SSSR count). The number of hydrogen-bond donors (Lipinski definition) is 0. The van der Waals surface area contributed by atoms with Crippen molar-refractivity contribution in [2.45, 2.75) is 44.2 Å². The Hall–Kier alpha value is -2.99. The van der Waals surface area contributed by atoms with Gasteiger partial charge in [0, 0.05) is 24.6 Å². The van der Waals surface area contributed by atoms with Gasteiger partial charge in [0.15, 0.2) is 0 Å². The van der Waals surface area contributed by atoms with Crippen molar-refractivity contribution in [1.29, 1.82) is 0 Å². The molecule has 1 aliphatic heterocycles. The lowest BCUT2D eigenvalue weighted by molar-refractivity contribution is -0.134. The summed E-state index contributed by atoms with van der Waals surface area (Å²) in [5, 5.41) is 6.33. The Morgan fingerprint density at radius 3 is 2.62 bits per heavy atom. The highest BCUT2D eigenvalue weighted by molar-refractivity contribution is 6.03. The van der Waals surface area contributed by atoms with Crippen molar-refractivity contribution in [3.05, 3.63) is 78.1 Å². The summed E-state index contributed by atoms with van der Waals surface area (Å²) in [6.45, 7) is 4.85. The zero-order valence-electron chi connectivity index (χ0n) is 18.5. The number of methoxy groups -OCH3 is 1. The fourth-order valence-corrected chi connectivity index (χ4v) is 4.77. The van der Waals surface area contributed by atoms with Gasteiger partial charge in [0.2, 0.25) is 0 Å². The van der Waals surface area contributed by atoms with Crippen LogP contribution in [0.15, 0.2) is 66.3 Å². The SMILES string of the molecule is C=CCN(CC(=O)N1N=C(c2ccc(F)cc2)CC1c1ccccc1OC)C1CCCC1. The van der Waals surface area contributed by atoms with Crippen LogP contribution in [0.1, 0.15) is 49.3 Å². The molecule has 1 fully saturated rings. The summed E-state index contributed by atoms with van der Waals surface area (Å²) >= 11 is 0. The lowest BCUT2D eigenvalue weighted by Gasteiger charge is -2.30. The highest BCUT2D eigenvalue weighted by atomic mass is 19.1. The Labute approximate surface area is 189 Å². The number of nitrogens with zero attached hydrogens (tertiary/aromatic N) is 3. The molecule has 0 N–H and O–H groups in total. The summed E-state index contributed by atoms with van der Waals surface area (Å²) < 4.78 is 19.0. The number of hydrogen-bond acceptors (Lipinski definition) is 4. The number of carbonyl (C=O) groups is 1. The zero-order chi connectivity index (χ0) is 22.5. The van der Waals surface area contributed by atoms with E-state index in [1.54, 1.807) is 24.3 Å². The first-order chi connectivity index (χ1) is 15.6. The van der Waals surface area contributed by atoms with Crippen LogP contribution in [0.5, 0.6) is 5.75 Å². The van der Waals surface area contributed by atoms with Crippen molar-refractivity contribution in [1.82, 2.24) is 9.91 Å². The van der Waals surface area contributed by atoms with Gasteiger partial charge in [-0.2, -0.15) is 5.10 Å². The second kappa shape index (κ2) is 10.1. The Kier molecular flexibility index (Phi) is 7.00. The molecule has 1 aliphatic carbocycles. The summed E-state index contributed by atoms with van der Waals surface area (Å²) in [5.74, 6) is 0.384. The first-order valence-electron chi connectivity index (χ1n) is 11.2. The molecule has 0 spiro atoms. The van der Waals surface area contributed by atoms with Crippen molar-refractivity contribution in [2.75, 3.05) is 20.2 Å². The minimum absolute atomic E-state index is 0.0493. The van der Waals surface area contributed by atoms with E-state index in [2.05, 4.69) is 11.5 Å². The van der Waals surface area contributed by atoms with Gasteiger partial charge in [0.05, 0.1) is 25.4 Å². The molecule has 2 aliphatic rings. The first kappa shape index (κ1) is 22.2. The van der Waals surface area contributed by atoms with Crippen LogP contribution in [0.25, 0.3) is 0 Å². The molecule has 32 heavy (non-hydrogen) atoms. The Morgan fingerprint density at radius 2 is 1.94 bits per heavy atom. The number of amides is 1. The lowest BCUT2D eigenvalue weighted by Crippen LogP contribution is -2.42. The predicted molar refractivity (Wildman–Crippen MR) is 124 cm³/mol. The van der Waals surface area contributed by atoms with Gasteiger partial charge in [0.25, 0.3) is 5.91 Å². The normalized spacial score (nSPS) is 18.8. The van der Waals surface area contributed by atoms with Gasteiger partial charge in [-0.15, -0.1) is 6.58 Å². The molecule has 5 nitrogen and oxygen atoms in total. The van der Waals surface area contributed by atoms with Crippen molar-refractivity contribution in [2.24, 2.45) is 5.10 Å². The molecule has 2 aromatic carbocycles. The average Bonchev–Trinajstić information content (AvgIpc) is 3.50. The van der Waals surface area contributed by atoms with Crippen molar-refractivity contribution >= 4 is 11.6 Å². The molecule has 168 valence electrons. The molecule has 1 unspecified atom stereocenters. The van der Waals surface area contributed by atoms with E-state index in [-0.39, 0.29) is 17.8 Å². The Balaban J connectivity index is 1.64. The van der Waals surface area contributed by atoms with Gasteiger partial charge in [-0.05, 0) is 36.6 Å². The molecule has 0 bridgehead atoms. The smallest absolute Gasteiger partial charge is 0.257 e. The van der Waals surface area contributed by atoms with Crippen LogP contribution in [0.4, 0.5) is 4.39 Å². The van der Waals surface area contributed by atoms with Gasteiger partial charge in [-0.1, -0.05) is 49.2 Å². The van der Waals surface area contributed by atoms with Crippen LogP contribution >= 0.6 is 0 Å². The molecule has 1 saturated carbocycles. The fourth-order valence-electron chi connectivity index (χ4n) is 4.77. The molecular formula is C26H30FN3O2. The monoisotopic (exact) mass is 435 g/mol. The molecule has 1 amide bonds. The summed E-state index contributed by atoms with van der Waals surface area (Å²) in [6.07, 6.45) is 7.03. The molecule has 1 heterocycles. The molecule has 2 aromatic rings. The van der Waals surface area contributed by atoms with Gasteiger partial charge >= 0.3 is 0 Å². The van der Waals surface area contributed by atoms with E-state index in [1.165, 1.54) is 25.0 Å². The third kappa shape index (κ3) is 4.75. The van der Waals surface area contributed by atoms with E-state index < -0.39 is 0 Å². The van der Waals surface area contributed by atoms with Crippen LogP contribution in [0.2, 0.25) is 0 Å². The molecule has 0 aromatic heterocycles. The number of carbonyl (C=O) groups excluding carboxylic acids is 1. The molecule has 0 saturated heterocycles. The number of rotatable bonds is 8. The minimum Gasteiger partial charge on any atom is -0.496 e. The second-order valence-corrected chi connectivity index (χ2v) is 8.41. The van der Waals surface area contributed by atoms with Crippen LogP contribution in [0.3, 0.4) is 0 Å². The van der Waals surface area contributed by atoms with Gasteiger partial charge < -0.3 is 4.74 Å². The van der Waals surface area contributed by atoms with E-state index in [0.29, 0.717) is 25.6 Å². The number of para-hydroxylation sites is 1. The Morgan fingerprint density at radius 1 is 1.22 bits per heavy atom. The van der Waals surface area contributed by atoms with E-state index in [4.69, 9.17) is 9.84 Å². The summed E-state index contributed by atoms with van der Waals surface area (Å²) in [4.78, 5) is 15.8. The predicted octanol–water partition coefficient (Wildman–Crippen LogP) is 4.94. The molecule has 1 atom stereocenters. The fraction of sp³-hybridized carbons (Fsp3) is 0.385. The summed E-state index contributed by atoms with van der Waals surface area (Å²) in [7, 11) is 1.63. The van der Waals surface area contributed by atoms with Gasteiger partial charge in [0.1, 0.15) is 11.6 Å². The summed E-state index contributed by atoms with van der Waals surface area (Å²) in [5.41, 5.74) is 2.51. The zero-order valence-corrected chi connectivity index (χ0v) is 18.5. The van der Waals surface area contributed by atoms with Crippen LogP contribution in [0, 0.1) is 5.82 Å². The molecular weight excluding hydrogens is 405 g/mol. The van der Waals surface area contributed by atoms with Crippen LogP contribution in [-0.2, 0) is 4.79 Å². The van der Waals surface area contributed by atoms with E-state index in [1.807, 2.05) is 30.3 Å². The van der Waals surface area contributed by atoms with Gasteiger partial charge in [-0.3, -0.25) is 9.69 Å². The molecule has 0 radical (unpaired) electrons. The van der Waals surface area contributed by atoms with Crippen LogP contribution < -0.4 is 4.74 Å². The standard InChI is InChI=1S/C26H30FN3O2/c1-3-16-29(21-8-4-5-9-21)18-26(31)30-24(22-10-6-7-11-25(22)32-2)17-23(28-30)19-12-14-20(27)15-13-19/h3,6-7,10-15,21,24H,1,4-5,8-9,16-18H2,2H3. The van der Waals surface area contributed by atoms with E-state index in [0.717, 1.165) is 35.4 Å². The number of halogens is 1. The minimum atomic E-state index is -0.293. The lowest BCUT2D eigenvalue weighted by atomic mass is 9.97. The highest BCUT2D eigenvalue weighted by Gasteiger charge is 2.36. The Bertz CT molecular complexity index is 983. The van der Waals surface area contributed by atoms with Crippen molar-refractivity contribution < 1.29 is 13.9 Å². The third-order valence-corrected chi connectivity index (χ3v) is 6.38. The maximum absolute atomic E-state index is 13.5. The average molecular weight is 436 g/mol. The first-order valence-corrected chi connectivity index (χ1v) is 11.2.